The van der Waals surface area contributed by atoms with Gasteiger partial charge in [0.1, 0.15) is 0 Å². The average molecular weight is 219 g/mol. The van der Waals surface area contributed by atoms with Gasteiger partial charge in [0.05, 0.1) is 0 Å². The first-order valence-electron chi connectivity index (χ1n) is 6.04. The van der Waals surface area contributed by atoms with Crippen molar-refractivity contribution >= 4 is 5.78 Å². The summed E-state index contributed by atoms with van der Waals surface area (Å²) in [5.74, 6) is 0.135. The maximum Gasteiger partial charge on any atom is 0.159 e. The van der Waals surface area contributed by atoms with E-state index in [2.05, 4.69) is 24.4 Å². The number of carbonyl (C=O) groups is 1. The molecule has 0 atom stereocenters. The van der Waals surface area contributed by atoms with Crippen molar-refractivity contribution in [3.63, 3.8) is 0 Å². The van der Waals surface area contributed by atoms with Gasteiger partial charge < -0.3 is 5.32 Å². The van der Waals surface area contributed by atoms with Crippen molar-refractivity contribution in [2.75, 3.05) is 13.1 Å². The second-order valence-electron chi connectivity index (χ2n) is 4.11. The summed E-state index contributed by atoms with van der Waals surface area (Å²) in [7, 11) is 0. The highest BCUT2D eigenvalue weighted by Gasteiger charge is 1.98. The molecule has 1 aromatic carbocycles. The Kier molecular flexibility index (Phi) is 5.79. The summed E-state index contributed by atoms with van der Waals surface area (Å²) in [6.45, 7) is 5.95. The molecule has 0 saturated carbocycles. The zero-order chi connectivity index (χ0) is 11.8. The van der Waals surface area contributed by atoms with Crippen LogP contribution in [0.15, 0.2) is 24.3 Å². The zero-order valence-electron chi connectivity index (χ0n) is 10.3. The quantitative estimate of drug-likeness (QED) is 0.564. The molecule has 1 rings (SSSR count). The van der Waals surface area contributed by atoms with Gasteiger partial charge in [-0.05, 0) is 44.8 Å². The molecular formula is C14H21NO. The van der Waals surface area contributed by atoms with Gasteiger partial charge in [-0.25, -0.2) is 0 Å². The molecule has 0 aromatic heterocycles. The summed E-state index contributed by atoms with van der Waals surface area (Å²) in [4.78, 5) is 11.1. The van der Waals surface area contributed by atoms with E-state index in [1.165, 1.54) is 12.0 Å². The molecule has 1 aromatic rings. The third kappa shape index (κ3) is 4.58. The van der Waals surface area contributed by atoms with Crippen LogP contribution in [0.1, 0.15) is 42.6 Å². The van der Waals surface area contributed by atoms with Crippen LogP contribution in [-0.4, -0.2) is 18.9 Å². The highest BCUT2D eigenvalue weighted by atomic mass is 16.1. The summed E-state index contributed by atoms with van der Waals surface area (Å²) >= 11 is 0. The molecular weight excluding hydrogens is 198 g/mol. The van der Waals surface area contributed by atoms with E-state index in [4.69, 9.17) is 0 Å². The van der Waals surface area contributed by atoms with Crippen molar-refractivity contribution in [1.29, 1.82) is 0 Å². The highest BCUT2D eigenvalue weighted by Crippen LogP contribution is 2.07. The minimum atomic E-state index is 0.135. The van der Waals surface area contributed by atoms with Gasteiger partial charge in [0.25, 0.3) is 0 Å². The Morgan fingerprint density at radius 2 is 1.88 bits per heavy atom. The molecule has 0 bridgehead atoms. The van der Waals surface area contributed by atoms with Crippen LogP contribution >= 0.6 is 0 Å². The molecule has 0 heterocycles. The van der Waals surface area contributed by atoms with Gasteiger partial charge in [-0.3, -0.25) is 4.79 Å². The van der Waals surface area contributed by atoms with Crippen LogP contribution in [-0.2, 0) is 6.42 Å². The van der Waals surface area contributed by atoms with Gasteiger partial charge in [-0.1, -0.05) is 31.2 Å². The number of ketones is 1. The van der Waals surface area contributed by atoms with E-state index in [0.717, 1.165) is 31.5 Å². The molecule has 2 heteroatoms. The van der Waals surface area contributed by atoms with E-state index in [0.29, 0.717) is 0 Å². The van der Waals surface area contributed by atoms with E-state index in [1.54, 1.807) is 6.92 Å². The Morgan fingerprint density at radius 3 is 2.44 bits per heavy atom. The Bertz CT molecular complexity index is 316. The van der Waals surface area contributed by atoms with Crippen molar-refractivity contribution in [3.05, 3.63) is 35.4 Å². The summed E-state index contributed by atoms with van der Waals surface area (Å²) in [5, 5.41) is 3.38. The standard InChI is InChI=1S/C14H21NO/c1-3-10-15-11-4-5-13-6-8-14(9-7-13)12(2)16/h6-9,15H,3-5,10-11H2,1-2H3. The first-order valence-corrected chi connectivity index (χ1v) is 6.04. The van der Waals surface area contributed by atoms with Crippen LogP contribution in [0, 0.1) is 0 Å². The molecule has 0 radical (unpaired) electrons. The number of benzene rings is 1. The van der Waals surface area contributed by atoms with Gasteiger partial charge in [0, 0.05) is 5.56 Å². The van der Waals surface area contributed by atoms with Crippen LogP contribution in [0.5, 0.6) is 0 Å². The lowest BCUT2D eigenvalue weighted by molar-refractivity contribution is 0.101. The molecule has 0 amide bonds. The molecule has 2 nitrogen and oxygen atoms in total. The monoisotopic (exact) mass is 219 g/mol. The minimum Gasteiger partial charge on any atom is -0.317 e. The van der Waals surface area contributed by atoms with Gasteiger partial charge in [-0.2, -0.15) is 0 Å². The first kappa shape index (κ1) is 12.9. The molecule has 0 fully saturated rings. The Morgan fingerprint density at radius 1 is 1.19 bits per heavy atom. The predicted molar refractivity (Wildman–Crippen MR) is 67.9 cm³/mol. The van der Waals surface area contributed by atoms with Crippen molar-refractivity contribution in [1.82, 2.24) is 5.32 Å². The number of Topliss-reactive ketones (excluding diaryl/α,β-unsaturated/α-hetero) is 1. The number of aryl methyl sites for hydroxylation is 1. The number of hydrogen-bond acceptors (Lipinski definition) is 2. The van der Waals surface area contributed by atoms with Gasteiger partial charge in [0.15, 0.2) is 5.78 Å². The maximum atomic E-state index is 11.1. The Balaban J connectivity index is 2.29. The van der Waals surface area contributed by atoms with Gasteiger partial charge in [0.2, 0.25) is 0 Å². The van der Waals surface area contributed by atoms with Crippen LogP contribution in [0.4, 0.5) is 0 Å². The lowest BCUT2D eigenvalue weighted by Crippen LogP contribution is -2.16. The van der Waals surface area contributed by atoms with Crippen LogP contribution in [0.3, 0.4) is 0 Å². The topological polar surface area (TPSA) is 29.1 Å². The third-order valence-electron chi connectivity index (χ3n) is 2.61. The summed E-state index contributed by atoms with van der Waals surface area (Å²) in [5.41, 5.74) is 2.11. The number of carbonyl (C=O) groups excluding carboxylic acids is 1. The lowest BCUT2D eigenvalue weighted by atomic mass is 10.1. The van der Waals surface area contributed by atoms with Crippen LogP contribution < -0.4 is 5.32 Å². The lowest BCUT2D eigenvalue weighted by Gasteiger charge is -2.04. The number of nitrogens with one attached hydrogen (secondary N) is 1. The molecule has 0 saturated heterocycles. The Labute approximate surface area is 98.1 Å². The normalized spacial score (nSPS) is 10.4. The molecule has 0 spiro atoms. The Hall–Kier alpha value is -1.15. The minimum absolute atomic E-state index is 0.135. The summed E-state index contributed by atoms with van der Waals surface area (Å²) in [6, 6.07) is 7.93. The second kappa shape index (κ2) is 7.18. The summed E-state index contributed by atoms with van der Waals surface area (Å²) in [6.07, 6.45) is 3.42. The average Bonchev–Trinajstić information content (AvgIpc) is 2.29. The van der Waals surface area contributed by atoms with E-state index in [1.807, 2.05) is 12.1 Å². The van der Waals surface area contributed by atoms with E-state index in [9.17, 15) is 4.79 Å². The molecule has 88 valence electrons. The van der Waals surface area contributed by atoms with Crippen molar-refractivity contribution in [2.24, 2.45) is 0 Å². The molecule has 16 heavy (non-hydrogen) atoms. The van der Waals surface area contributed by atoms with E-state index >= 15 is 0 Å². The fourth-order valence-corrected chi connectivity index (χ4v) is 1.63. The molecule has 0 aliphatic carbocycles. The molecule has 1 N–H and O–H groups in total. The second-order valence-corrected chi connectivity index (χ2v) is 4.11. The smallest absolute Gasteiger partial charge is 0.159 e. The molecule has 0 aliphatic rings. The zero-order valence-corrected chi connectivity index (χ0v) is 10.3. The van der Waals surface area contributed by atoms with Crippen LogP contribution in [0.2, 0.25) is 0 Å². The number of hydrogen-bond donors (Lipinski definition) is 1. The van der Waals surface area contributed by atoms with E-state index < -0.39 is 0 Å². The van der Waals surface area contributed by atoms with Gasteiger partial charge >= 0.3 is 0 Å². The maximum absolute atomic E-state index is 11.1. The van der Waals surface area contributed by atoms with Crippen molar-refractivity contribution < 1.29 is 4.79 Å². The fourth-order valence-electron chi connectivity index (χ4n) is 1.63. The predicted octanol–water partition coefficient (Wildman–Crippen LogP) is 2.82. The molecule has 0 aliphatic heterocycles. The largest absolute Gasteiger partial charge is 0.317 e. The SMILES string of the molecule is CCCNCCCc1ccc(C(C)=O)cc1. The van der Waals surface area contributed by atoms with Crippen molar-refractivity contribution in [2.45, 2.75) is 33.1 Å². The van der Waals surface area contributed by atoms with Crippen molar-refractivity contribution in [3.8, 4) is 0 Å². The van der Waals surface area contributed by atoms with E-state index in [-0.39, 0.29) is 5.78 Å². The summed E-state index contributed by atoms with van der Waals surface area (Å²) < 4.78 is 0. The number of rotatable bonds is 7. The third-order valence-corrected chi connectivity index (χ3v) is 2.61. The van der Waals surface area contributed by atoms with Gasteiger partial charge in [-0.15, -0.1) is 0 Å². The molecule has 0 unspecified atom stereocenters. The fraction of sp³-hybridized carbons (Fsp3) is 0.500. The van der Waals surface area contributed by atoms with Crippen LogP contribution in [0.25, 0.3) is 0 Å². The first-order chi connectivity index (χ1) is 7.74. The highest BCUT2D eigenvalue weighted by molar-refractivity contribution is 5.93.